The monoisotopic (exact) mass is 425 g/mol. The molecular formula is C14H20INO6. The number of aliphatic hydroxyl groups is 1. The number of ether oxygens (including phenoxy) is 3. The molecule has 7 nitrogen and oxygen atoms in total. The molecule has 2 aliphatic heterocycles. The number of esters is 1. The highest BCUT2D eigenvalue weighted by Gasteiger charge is 2.58. The maximum absolute atomic E-state index is 11.9. The fraction of sp³-hybridized carbons (Fsp3) is 0.714. The van der Waals surface area contributed by atoms with Crippen LogP contribution in [0, 0.1) is 0 Å². The van der Waals surface area contributed by atoms with Crippen LogP contribution in [-0.2, 0) is 23.8 Å². The zero-order valence-corrected chi connectivity index (χ0v) is 14.4. The van der Waals surface area contributed by atoms with Crippen LogP contribution in [0.1, 0.15) is 19.3 Å². The minimum Gasteiger partial charge on any atom is -0.469 e. The summed E-state index contributed by atoms with van der Waals surface area (Å²) in [6, 6.07) is 0. The lowest BCUT2D eigenvalue weighted by molar-refractivity contribution is -0.145. The second-order valence-corrected chi connectivity index (χ2v) is 6.14. The van der Waals surface area contributed by atoms with Gasteiger partial charge in [0, 0.05) is 13.0 Å². The standard InChI is InChI=1S/C14H20INO6/c1-20-12(18)3-5-16-11(17)6-9-7-14(8-21-14)13(19)10(22-9)2-4-15/h2,4,9-10,13,19H,3,5-8H2,1H3,(H,16,17)/b4-2+/t9-,10-,13-,14-/m1/s1. The van der Waals surface area contributed by atoms with Crippen molar-refractivity contribution in [1.29, 1.82) is 0 Å². The lowest BCUT2D eigenvalue weighted by Gasteiger charge is -2.36. The average molecular weight is 425 g/mol. The predicted molar refractivity (Wildman–Crippen MR) is 85.4 cm³/mol. The molecule has 2 saturated heterocycles. The molecule has 0 aromatic heterocycles. The second-order valence-electron chi connectivity index (χ2n) is 5.42. The van der Waals surface area contributed by atoms with Gasteiger partial charge in [-0.2, -0.15) is 0 Å². The quantitative estimate of drug-likeness (QED) is 0.361. The van der Waals surface area contributed by atoms with E-state index in [-0.39, 0.29) is 37.4 Å². The summed E-state index contributed by atoms with van der Waals surface area (Å²) in [6.07, 6.45) is 1.06. The molecule has 2 fully saturated rings. The number of aliphatic hydroxyl groups excluding tert-OH is 1. The van der Waals surface area contributed by atoms with Gasteiger partial charge in [-0.3, -0.25) is 9.59 Å². The summed E-state index contributed by atoms with van der Waals surface area (Å²) in [7, 11) is 1.31. The van der Waals surface area contributed by atoms with Crippen molar-refractivity contribution in [2.45, 2.75) is 43.2 Å². The van der Waals surface area contributed by atoms with Crippen molar-refractivity contribution in [1.82, 2.24) is 5.32 Å². The molecule has 0 radical (unpaired) electrons. The summed E-state index contributed by atoms with van der Waals surface area (Å²) in [4.78, 5) is 22.9. The Balaban J connectivity index is 1.82. The van der Waals surface area contributed by atoms with Crippen LogP contribution in [0.25, 0.3) is 0 Å². The van der Waals surface area contributed by atoms with Crippen molar-refractivity contribution in [2.75, 3.05) is 20.3 Å². The molecule has 1 spiro atoms. The summed E-state index contributed by atoms with van der Waals surface area (Å²) in [5.74, 6) is -0.562. The van der Waals surface area contributed by atoms with E-state index in [9.17, 15) is 14.7 Å². The van der Waals surface area contributed by atoms with Gasteiger partial charge in [0.25, 0.3) is 0 Å². The predicted octanol–water partition coefficient (Wildman–Crippen LogP) is 0.292. The lowest BCUT2D eigenvalue weighted by Crippen LogP contribution is -2.50. The Hall–Kier alpha value is -0.710. The minimum absolute atomic E-state index is 0.139. The number of hydrogen-bond donors (Lipinski definition) is 2. The fourth-order valence-electron chi connectivity index (χ4n) is 2.56. The third-order valence-electron chi connectivity index (χ3n) is 3.84. The van der Waals surface area contributed by atoms with Crippen LogP contribution in [0.5, 0.6) is 0 Å². The van der Waals surface area contributed by atoms with Crippen molar-refractivity contribution >= 4 is 34.5 Å². The third kappa shape index (κ3) is 4.40. The number of hydrogen-bond acceptors (Lipinski definition) is 6. The maximum atomic E-state index is 11.9. The molecule has 124 valence electrons. The molecule has 0 unspecified atom stereocenters. The number of nitrogens with one attached hydrogen (secondary N) is 1. The molecule has 0 saturated carbocycles. The van der Waals surface area contributed by atoms with E-state index in [1.54, 1.807) is 10.2 Å². The Morgan fingerprint density at radius 2 is 2.27 bits per heavy atom. The number of rotatable bonds is 6. The summed E-state index contributed by atoms with van der Waals surface area (Å²) in [6.45, 7) is 0.725. The number of carbonyl (C=O) groups excluding carboxylic acids is 2. The first-order valence-corrected chi connectivity index (χ1v) is 8.33. The van der Waals surface area contributed by atoms with E-state index in [1.165, 1.54) is 7.11 Å². The van der Waals surface area contributed by atoms with Gasteiger partial charge in [0.2, 0.25) is 5.91 Å². The molecule has 2 heterocycles. The van der Waals surface area contributed by atoms with E-state index in [1.807, 2.05) is 0 Å². The van der Waals surface area contributed by atoms with Crippen LogP contribution in [0.2, 0.25) is 0 Å². The van der Waals surface area contributed by atoms with Gasteiger partial charge in [0.1, 0.15) is 17.8 Å². The highest BCUT2D eigenvalue weighted by atomic mass is 127. The van der Waals surface area contributed by atoms with Gasteiger partial charge in [-0.1, -0.05) is 22.6 Å². The summed E-state index contributed by atoms with van der Waals surface area (Å²) in [5, 5.41) is 12.9. The summed E-state index contributed by atoms with van der Waals surface area (Å²) < 4.78 is 17.4. The average Bonchev–Trinajstić information content (AvgIpc) is 3.24. The molecule has 0 aromatic rings. The SMILES string of the molecule is COC(=O)CCNC(=O)C[C@@H]1C[C@@]2(CO2)[C@H](O)[C@@H](/C=C/I)O1. The van der Waals surface area contributed by atoms with Crippen LogP contribution in [0.15, 0.2) is 10.2 Å². The Morgan fingerprint density at radius 1 is 1.55 bits per heavy atom. The molecule has 2 rings (SSSR count). The van der Waals surface area contributed by atoms with E-state index < -0.39 is 17.8 Å². The molecule has 1 amide bonds. The highest BCUT2D eigenvalue weighted by molar-refractivity contribution is 14.1. The Kier molecular flexibility index (Phi) is 6.18. The molecular weight excluding hydrogens is 405 g/mol. The number of carbonyl (C=O) groups is 2. The van der Waals surface area contributed by atoms with Crippen molar-refractivity contribution in [3.63, 3.8) is 0 Å². The van der Waals surface area contributed by atoms with Gasteiger partial charge in [0.05, 0.1) is 32.7 Å². The van der Waals surface area contributed by atoms with Crippen LogP contribution in [-0.4, -0.2) is 61.2 Å². The van der Waals surface area contributed by atoms with E-state index in [4.69, 9.17) is 9.47 Å². The third-order valence-corrected chi connectivity index (χ3v) is 4.26. The molecule has 8 heteroatoms. The minimum atomic E-state index is -0.711. The topological polar surface area (TPSA) is 97.4 Å². The molecule has 0 aliphatic carbocycles. The summed E-state index contributed by atoms with van der Waals surface area (Å²) in [5.41, 5.74) is -0.573. The molecule has 2 aliphatic rings. The van der Waals surface area contributed by atoms with E-state index >= 15 is 0 Å². The zero-order chi connectivity index (χ0) is 16.2. The van der Waals surface area contributed by atoms with E-state index in [0.29, 0.717) is 13.0 Å². The first kappa shape index (κ1) is 17.6. The maximum Gasteiger partial charge on any atom is 0.307 e. The largest absolute Gasteiger partial charge is 0.469 e. The van der Waals surface area contributed by atoms with Crippen molar-refractivity contribution in [3.05, 3.63) is 10.2 Å². The highest BCUT2D eigenvalue weighted by Crippen LogP contribution is 2.43. The zero-order valence-electron chi connectivity index (χ0n) is 12.3. The van der Waals surface area contributed by atoms with Crippen molar-refractivity contribution in [3.8, 4) is 0 Å². The van der Waals surface area contributed by atoms with Gasteiger partial charge < -0.3 is 24.6 Å². The molecule has 2 N–H and O–H groups in total. The molecule has 0 bridgehead atoms. The van der Waals surface area contributed by atoms with E-state index in [2.05, 4.69) is 32.6 Å². The van der Waals surface area contributed by atoms with Crippen LogP contribution < -0.4 is 5.32 Å². The molecule has 4 atom stereocenters. The normalized spacial score (nSPS) is 33.9. The second kappa shape index (κ2) is 7.71. The smallest absolute Gasteiger partial charge is 0.307 e. The number of halogens is 1. The van der Waals surface area contributed by atoms with Gasteiger partial charge >= 0.3 is 5.97 Å². The van der Waals surface area contributed by atoms with Crippen LogP contribution in [0.4, 0.5) is 0 Å². The number of epoxide rings is 1. The van der Waals surface area contributed by atoms with Gasteiger partial charge in [-0.15, -0.1) is 0 Å². The summed E-state index contributed by atoms with van der Waals surface area (Å²) >= 11 is 2.06. The van der Waals surface area contributed by atoms with Gasteiger partial charge in [-0.25, -0.2) is 0 Å². The van der Waals surface area contributed by atoms with E-state index in [0.717, 1.165) is 0 Å². The Morgan fingerprint density at radius 3 is 2.86 bits per heavy atom. The van der Waals surface area contributed by atoms with Crippen molar-refractivity contribution in [2.24, 2.45) is 0 Å². The number of amides is 1. The number of methoxy groups -OCH3 is 1. The molecule has 0 aromatic carbocycles. The fourth-order valence-corrected chi connectivity index (χ4v) is 2.97. The van der Waals surface area contributed by atoms with Gasteiger partial charge in [-0.05, 0) is 10.2 Å². The first-order valence-electron chi connectivity index (χ1n) is 7.08. The van der Waals surface area contributed by atoms with Gasteiger partial charge in [0.15, 0.2) is 0 Å². The first-order chi connectivity index (χ1) is 10.5. The van der Waals surface area contributed by atoms with Crippen LogP contribution >= 0.6 is 22.6 Å². The van der Waals surface area contributed by atoms with Crippen LogP contribution in [0.3, 0.4) is 0 Å². The lowest BCUT2D eigenvalue weighted by atomic mass is 9.88. The Bertz CT molecular complexity index is 451. The molecule has 22 heavy (non-hydrogen) atoms. The van der Waals surface area contributed by atoms with Crippen molar-refractivity contribution < 1.29 is 28.9 Å². The Labute approximate surface area is 142 Å².